The standard InChI is InChI=1S/C7H15NO3/c1-5(2)4-7(9)6(3)8(10)11/h5-7,9H,4H2,1-3H3/t6-,7-/m0/s1. The molecule has 0 rings (SSSR count). The number of nitrogens with zero attached hydrogens (tertiary/aromatic N) is 1. The van der Waals surface area contributed by atoms with Crippen LogP contribution in [0.1, 0.15) is 27.2 Å². The van der Waals surface area contributed by atoms with Crippen molar-refractivity contribution in [1.29, 1.82) is 0 Å². The molecule has 0 saturated carbocycles. The molecule has 1 N–H and O–H groups in total. The minimum absolute atomic E-state index is 0.299. The number of hydrogen-bond donors (Lipinski definition) is 1. The van der Waals surface area contributed by atoms with Crippen LogP contribution in [0.15, 0.2) is 0 Å². The van der Waals surface area contributed by atoms with Crippen LogP contribution in [0.25, 0.3) is 0 Å². The van der Waals surface area contributed by atoms with Gasteiger partial charge in [-0.15, -0.1) is 0 Å². The molecule has 0 aliphatic rings. The summed E-state index contributed by atoms with van der Waals surface area (Å²) in [7, 11) is 0. The number of aliphatic hydroxyl groups excluding tert-OH is 1. The molecular formula is C7H15NO3. The average Bonchev–Trinajstić information content (AvgIpc) is 1.84. The number of aliphatic hydroxyl groups is 1. The van der Waals surface area contributed by atoms with Gasteiger partial charge in [0.1, 0.15) is 6.10 Å². The molecule has 0 spiro atoms. The summed E-state index contributed by atoms with van der Waals surface area (Å²) in [5, 5.41) is 19.4. The van der Waals surface area contributed by atoms with Gasteiger partial charge in [-0.25, -0.2) is 0 Å². The van der Waals surface area contributed by atoms with Crippen molar-refractivity contribution >= 4 is 0 Å². The molecule has 0 heterocycles. The van der Waals surface area contributed by atoms with Crippen molar-refractivity contribution in [2.45, 2.75) is 39.3 Å². The van der Waals surface area contributed by atoms with E-state index in [2.05, 4.69) is 0 Å². The molecule has 0 saturated heterocycles. The lowest BCUT2D eigenvalue weighted by Crippen LogP contribution is -2.31. The smallest absolute Gasteiger partial charge is 0.235 e. The Kier molecular flexibility index (Phi) is 4.03. The zero-order valence-electron chi connectivity index (χ0n) is 7.15. The van der Waals surface area contributed by atoms with E-state index in [1.165, 1.54) is 6.92 Å². The van der Waals surface area contributed by atoms with Crippen LogP contribution in [0.3, 0.4) is 0 Å². The predicted molar refractivity (Wildman–Crippen MR) is 41.9 cm³/mol. The minimum atomic E-state index is -0.850. The predicted octanol–water partition coefficient (Wildman–Crippen LogP) is 1.06. The van der Waals surface area contributed by atoms with Crippen molar-refractivity contribution in [3.63, 3.8) is 0 Å². The van der Waals surface area contributed by atoms with Gasteiger partial charge in [-0.05, 0) is 12.3 Å². The topological polar surface area (TPSA) is 63.4 Å². The van der Waals surface area contributed by atoms with Crippen molar-refractivity contribution in [2.75, 3.05) is 0 Å². The summed E-state index contributed by atoms with van der Waals surface area (Å²) in [6, 6.07) is -0.850. The molecule has 66 valence electrons. The molecule has 0 aromatic carbocycles. The van der Waals surface area contributed by atoms with Gasteiger partial charge >= 0.3 is 0 Å². The number of nitro groups is 1. The maximum Gasteiger partial charge on any atom is 0.235 e. The molecule has 4 nitrogen and oxygen atoms in total. The third-order valence-electron chi connectivity index (χ3n) is 1.60. The van der Waals surface area contributed by atoms with E-state index in [1.54, 1.807) is 0 Å². The Morgan fingerprint density at radius 1 is 1.45 bits per heavy atom. The average molecular weight is 161 g/mol. The van der Waals surface area contributed by atoms with Gasteiger partial charge in [-0.3, -0.25) is 10.1 Å². The van der Waals surface area contributed by atoms with Gasteiger partial charge in [-0.1, -0.05) is 13.8 Å². The number of rotatable bonds is 4. The van der Waals surface area contributed by atoms with E-state index in [-0.39, 0.29) is 0 Å². The van der Waals surface area contributed by atoms with Crippen molar-refractivity contribution in [2.24, 2.45) is 5.92 Å². The summed E-state index contributed by atoms with van der Waals surface area (Å²) in [5.74, 6) is 0.299. The summed E-state index contributed by atoms with van der Waals surface area (Å²) >= 11 is 0. The fourth-order valence-corrected chi connectivity index (χ4v) is 0.820. The first kappa shape index (κ1) is 10.4. The minimum Gasteiger partial charge on any atom is -0.386 e. The second kappa shape index (κ2) is 4.28. The van der Waals surface area contributed by atoms with E-state index in [0.29, 0.717) is 12.3 Å². The van der Waals surface area contributed by atoms with E-state index in [1.807, 2.05) is 13.8 Å². The van der Waals surface area contributed by atoms with Gasteiger partial charge in [0.05, 0.1) is 0 Å². The molecular weight excluding hydrogens is 146 g/mol. The molecule has 11 heavy (non-hydrogen) atoms. The van der Waals surface area contributed by atoms with E-state index in [0.717, 1.165) is 0 Å². The fourth-order valence-electron chi connectivity index (χ4n) is 0.820. The summed E-state index contributed by atoms with van der Waals surface area (Å²) in [6.45, 7) is 5.28. The van der Waals surface area contributed by atoms with Crippen LogP contribution in [0.4, 0.5) is 0 Å². The van der Waals surface area contributed by atoms with Crippen LogP contribution in [-0.4, -0.2) is 22.2 Å². The molecule has 0 aromatic rings. The van der Waals surface area contributed by atoms with E-state index in [9.17, 15) is 15.2 Å². The summed E-state index contributed by atoms with van der Waals surface area (Å²) < 4.78 is 0. The van der Waals surface area contributed by atoms with Crippen LogP contribution < -0.4 is 0 Å². The fraction of sp³-hybridized carbons (Fsp3) is 1.00. The van der Waals surface area contributed by atoms with Crippen LogP contribution >= 0.6 is 0 Å². The van der Waals surface area contributed by atoms with Crippen LogP contribution in [-0.2, 0) is 0 Å². The van der Waals surface area contributed by atoms with Crippen molar-refractivity contribution in [1.82, 2.24) is 0 Å². The monoisotopic (exact) mass is 161 g/mol. The van der Waals surface area contributed by atoms with Crippen LogP contribution in [0, 0.1) is 16.0 Å². The van der Waals surface area contributed by atoms with Gasteiger partial charge in [0.2, 0.25) is 6.04 Å². The Morgan fingerprint density at radius 3 is 2.18 bits per heavy atom. The maximum absolute atomic E-state index is 10.2. The zero-order valence-corrected chi connectivity index (χ0v) is 7.15. The second-order valence-corrected chi connectivity index (χ2v) is 3.22. The van der Waals surface area contributed by atoms with E-state index < -0.39 is 17.1 Å². The summed E-state index contributed by atoms with van der Waals surface area (Å²) in [6.07, 6.45) is -0.327. The molecule has 0 fully saturated rings. The van der Waals surface area contributed by atoms with Crippen molar-refractivity contribution < 1.29 is 10.0 Å². The molecule has 0 aliphatic carbocycles. The Hall–Kier alpha value is -0.640. The molecule has 0 unspecified atom stereocenters. The molecule has 0 amide bonds. The Bertz CT molecular complexity index is 136. The van der Waals surface area contributed by atoms with Gasteiger partial charge in [0.25, 0.3) is 0 Å². The Morgan fingerprint density at radius 2 is 1.91 bits per heavy atom. The van der Waals surface area contributed by atoms with Gasteiger partial charge in [0, 0.05) is 11.8 Å². The highest BCUT2D eigenvalue weighted by Crippen LogP contribution is 2.09. The maximum atomic E-state index is 10.2. The van der Waals surface area contributed by atoms with E-state index >= 15 is 0 Å². The van der Waals surface area contributed by atoms with E-state index in [4.69, 9.17) is 0 Å². The lowest BCUT2D eigenvalue weighted by molar-refractivity contribution is -0.530. The first-order valence-corrected chi connectivity index (χ1v) is 3.76. The molecule has 0 aliphatic heterocycles. The summed E-state index contributed by atoms with van der Waals surface area (Å²) in [4.78, 5) is 9.72. The quantitative estimate of drug-likeness (QED) is 0.495. The van der Waals surface area contributed by atoms with Crippen molar-refractivity contribution in [3.8, 4) is 0 Å². The third kappa shape index (κ3) is 3.93. The number of hydrogen-bond acceptors (Lipinski definition) is 3. The normalized spacial score (nSPS) is 16.5. The second-order valence-electron chi connectivity index (χ2n) is 3.22. The Balaban J connectivity index is 3.82. The zero-order chi connectivity index (χ0) is 9.02. The third-order valence-corrected chi connectivity index (χ3v) is 1.60. The van der Waals surface area contributed by atoms with Gasteiger partial charge < -0.3 is 5.11 Å². The van der Waals surface area contributed by atoms with Crippen LogP contribution in [0.5, 0.6) is 0 Å². The molecule has 0 radical (unpaired) electrons. The largest absolute Gasteiger partial charge is 0.386 e. The van der Waals surface area contributed by atoms with Gasteiger partial charge in [-0.2, -0.15) is 0 Å². The Labute approximate surface area is 66.4 Å². The molecule has 2 atom stereocenters. The summed E-state index contributed by atoms with van der Waals surface area (Å²) in [5.41, 5.74) is 0. The highest BCUT2D eigenvalue weighted by molar-refractivity contribution is 4.64. The lowest BCUT2D eigenvalue weighted by atomic mass is 10.0. The van der Waals surface area contributed by atoms with Gasteiger partial charge in [0.15, 0.2) is 0 Å². The molecule has 4 heteroatoms. The lowest BCUT2D eigenvalue weighted by Gasteiger charge is -2.13. The molecule has 0 bridgehead atoms. The van der Waals surface area contributed by atoms with Crippen LogP contribution in [0.2, 0.25) is 0 Å². The van der Waals surface area contributed by atoms with Crippen molar-refractivity contribution in [3.05, 3.63) is 10.1 Å². The molecule has 0 aromatic heterocycles. The highest BCUT2D eigenvalue weighted by atomic mass is 16.6. The first-order chi connectivity index (χ1) is 4.95. The highest BCUT2D eigenvalue weighted by Gasteiger charge is 2.24. The first-order valence-electron chi connectivity index (χ1n) is 3.76. The SMILES string of the molecule is CC(C)C[C@H](O)[C@H](C)[N+](=O)[O-].